The number of para-hydroxylation sites is 1. The van der Waals surface area contributed by atoms with Crippen LogP contribution in [0.2, 0.25) is 0 Å². The SMILES string of the molecule is Cc1cccc(O)c1OO. The summed E-state index contributed by atoms with van der Waals surface area (Å²) in [5, 5.41) is 17.2. The molecule has 10 heavy (non-hydrogen) atoms. The van der Waals surface area contributed by atoms with Gasteiger partial charge in [0.1, 0.15) is 0 Å². The van der Waals surface area contributed by atoms with Crippen LogP contribution in [0.3, 0.4) is 0 Å². The summed E-state index contributed by atoms with van der Waals surface area (Å²) in [5.74, 6) is 0.0602. The van der Waals surface area contributed by atoms with Gasteiger partial charge in [-0.25, -0.2) is 5.26 Å². The van der Waals surface area contributed by atoms with Crippen LogP contribution in [0, 0.1) is 6.92 Å². The molecule has 1 rings (SSSR count). The summed E-state index contributed by atoms with van der Waals surface area (Å²) in [4.78, 5) is 3.93. The molecule has 0 aliphatic carbocycles. The van der Waals surface area contributed by atoms with Gasteiger partial charge in [-0.15, -0.1) is 0 Å². The molecule has 0 saturated heterocycles. The topological polar surface area (TPSA) is 49.7 Å². The molecule has 0 aromatic heterocycles. The maximum absolute atomic E-state index is 9.01. The van der Waals surface area contributed by atoms with E-state index in [1.165, 1.54) is 6.07 Å². The number of phenolic OH excluding ortho intramolecular Hbond substituents is 1. The third kappa shape index (κ3) is 1.04. The van der Waals surface area contributed by atoms with Gasteiger partial charge in [0.15, 0.2) is 5.75 Å². The number of benzene rings is 1. The summed E-state index contributed by atoms with van der Waals surface area (Å²) in [6.07, 6.45) is 0. The first-order chi connectivity index (χ1) is 4.75. The number of aryl methyl sites for hydroxylation is 1. The van der Waals surface area contributed by atoms with Crippen LogP contribution >= 0.6 is 0 Å². The highest BCUT2D eigenvalue weighted by molar-refractivity contribution is 5.44. The Bertz CT molecular complexity index is 212. The lowest BCUT2D eigenvalue weighted by Gasteiger charge is -2.01. The van der Waals surface area contributed by atoms with E-state index in [4.69, 9.17) is 10.4 Å². The fraction of sp³-hybridized carbons (Fsp3) is 0.143. The van der Waals surface area contributed by atoms with Gasteiger partial charge < -0.3 is 9.99 Å². The monoisotopic (exact) mass is 140 g/mol. The standard InChI is InChI=1S/C7H8O3/c1-5-3-2-4-6(8)7(5)10-9/h2-4,8-9H,1H3. The molecule has 0 aliphatic heterocycles. The van der Waals surface area contributed by atoms with Gasteiger partial charge in [0.25, 0.3) is 0 Å². The average molecular weight is 140 g/mol. The average Bonchev–Trinajstić information content (AvgIpc) is 1.88. The predicted molar refractivity (Wildman–Crippen MR) is 36.1 cm³/mol. The molecular formula is C7H8O3. The lowest BCUT2D eigenvalue weighted by atomic mass is 10.2. The van der Waals surface area contributed by atoms with Crippen molar-refractivity contribution in [1.29, 1.82) is 0 Å². The van der Waals surface area contributed by atoms with E-state index in [0.29, 0.717) is 5.56 Å². The molecule has 1 aromatic rings. The highest BCUT2D eigenvalue weighted by Crippen LogP contribution is 2.28. The molecule has 54 valence electrons. The Morgan fingerprint density at radius 1 is 1.40 bits per heavy atom. The van der Waals surface area contributed by atoms with Crippen molar-refractivity contribution < 1.29 is 15.3 Å². The van der Waals surface area contributed by atoms with E-state index in [1.807, 2.05) is 0 Å². The van der Waals surface area contributed by atoms with Crippen molar-refractivity contribution in [3.8, 4) is 11.5 Å². The van der Waals surface area contributed by atoms with Crippen molar-refractivity contribution >= 4 is 0 Å². The summed E-state index contributed by atoms with van der Waals surface area (Å²) in [5.41, 5.74) is 0.697. The summed E-state index contributed by atoms with van der Waals surface area (Å²) in [7, 11) is 0. The predicted octanol–water partition coefficient (Wildman–Crippen LogP) is 1.55. The van der Waals surface area contributed by atoms with E-state index in [1.54, 1.807) is 19.1 Å². The van der Waals surface area contributed by atoms with Gasteiger partial charge in [-0.1, -0.05) is 12.1 Å². The van der Waals surface area contributed by atoms with E-state index < -0.39 is 0 Å². The molecule has 0 atom stereocenters. The zero-order valence-corrected chi connectivity index (χ0v) is 5.53. The van der Waals surface area contributed by atoms with E-state index in [9.17, 15) is 0 Å². The first-order valence-electron chi connectivity index (χ1n) is 2.85. The van der Waals surface area contributed by atoms with Crippen molar-refractivity contribution in [3.05, 3.63) is 23.8 Å². The van der Waals surface area contributed by atoms with Gasteiger partial charge in [0.05, 0.1) is 0 Å². The van der Waals surface area contributed by atoms with Gasteiger partial charge in [0.2, 0.25) is 5.75 Å². The van der Waals surface area contributed by atoms with Crippen molar-refractivity contribution in [3.63, 3.8) is 0 Å². The van der Waals surface area contributed by atoms with Crippen molar-refractivity contribution in [2.75, 3.05) is 0 Å². The molecule has 0 radical (unpaired) electrons. The second-order valence-corrected chi connectivity index (χ2v) is 2.01. The van der Waals surface area contributed by atoms with Gasteiger partial charge in [-0.3, -0.25) is 0 Å². The Morgan fingerprint density at radius 3 is 2.50 bits per heavy atom. The Hall–Kier alpha value is -1.22. The third-order valence-corrected chi connectivity index (χ3v) is 1.28. The molecule has 0 unspecified atom stereocenters. The molecule has 0 amide bonds. The van der Waals surface area contributed by atoms with E-state index in [2.05, 4.69) is 4.89 Å². The number of rotatable bonds is 1. The smallest absolute Gasteiger partial charge is 0.209 e. The van der Waals surface area contributed by atoms with E-state index in [-0.39, 0.29) is 11.5 Å². The normalized spacial score (nSPS) is 9.40. The minimum absolute atomic E-state index is 0.0532. The molecule has 3 heteroatoms. The second kappa shape index (κ2) is 2.58. The lowest BCUT2D eigenvalue weighted by molar-refractivity contribution is -0.139. The first-order valence-corrected chi connectivity index (χ1v) is 2.85. The van der Waals surface area contributed by atoms with Crippen LogP contribution in [0.15, 0.2) is 18.2 Å². The van der Waals surface area contributed by atoms with E-state index in [0.717, 1.165) is 0 Å². The molecule has 1 aromatic carbocycles. The van der Waals surface area contributed by atoms with Crippen LogP contribution in [-0.4, -0.2) is 10.4 Å². The van der Waals surface area contributed by atoms with E-state index >= 15 is 0 Å². The fourth-order valence-corrected chi connectivity index (χ4v) is 0.756. The number of hydrogen-bond donors (Lipinski definition) is 2. The molecule has 0 aliphatic rings. The minimum atomic E-state index is -0.0532. The van der Waals surface area contributed by atoms with Gasteiger partial charge in [0, 0.05) is 0 Å². The Morgan fingerprint density at radius 2 is 2.10 bits per heavy atom. The van der Waals surface area contributed by atoms with Gasteiger partial charge in [-0.05, 0) is 18.6 Å². The maximum atomic E-state index is 9.01. The Labute approximate surface area is 58.4 Å². The molecule has 2 N–H and O–H groups in total. The van der Waals surface area contributed by atoms with Crippen LogP contribution in [0.25, 0.3) is 0 Å². The largest absolute Gasteiger partial charge is 0.504 e. The molecule has 0 spiro atoms. The summed E-state index contributed by atoms with van der Waals surface area (Å²) < 4.78 is 0. The quantitative estimate of drug-likeness (QED) is 0.459. The van der Waals surface area contributed by atoms with Crippen molar-refractivity contribution in [2.45, 2.75) is 6.92 Å². The van der Waals surface area contributed by atoms with Crippen molar-refractivity contribution in [1.82, 2.24) is 0 Å². The van der Waals surface area contributed by atoms with Gasteiger partial charge in [-0.2, -0.15) is 0 Å². The first kappa shape index (κ1) is 6.89. The molecule has 0 fully saturated rings. The van der Waals surface area contributed by atoms with Crippen LogP contribution in [-0.2, 0) is 0 Å². The molecular weight excluding hydrogens is 132 g/mol. The summed E-state index contributed by atoms with van der Waals surface area (Å²) in [6.45, 7) is 1.73. The summed E-state index contributed by atoms with van der Waals surface area (Å²) >= 11 is 0. The van der Waals surface area contributed by atoms with Gasteiger partial charge >= 0.3 is 0 Å². The highest BCUT2D eigenvalue weighted by Gasteiger charge is 2.03. The minimum Gasteiger partial charge on any atom is -0.504 e. The zero-order valence-electron chi connectivity index (χ0n) is 5.53. The van der Waals surface area contributed by atoms with Crippen LogP contribution < -0.4 is 4.89 Å². The number of hydrogen-bond acceptors (Lipinski definition) is 3. The van der Waals surface area contributed by atoms with Crippen LogP contribution in [0.4, 0.5) is 0 Å². The molecule has 0 heterocycles. The molecule has 0 saturated carbocycles. The number of aromatic hydroxyl groups is 1. The maximum Gasteiger partial charge on any atom is 0.209 e. The van der Waals surface area contributed by atoms with Crippen LogP contribution in [0.1, 0.15) is 5.56 Å². The van der Waals surface area contributed by atoms with Crippen molar-refractivity contribution in [2.24, 2.45) is 0 Å². The van der Waals surface area contributed by atoms with Crippen LogP contribution in [0.5, 0.6) is 11.5 Å². The molecule has 0 bridgehead atoms. The number of phenols is 1. The Kier molecular flexibility index (Phi) is 1.78. The third-order valence-electron chi connectivity index (χ3n) is 1.28. The summed E-state index contributed by atoms with van der Waals surface area (Å²) in [6, 6.07) is 4.84. The fourth-order valence-electron chi connectivity index (χ4n) is 0.756. The Balaban J connectivity index is 3.17. The zero-order chi connectivity index (χ0) is 7.56. The molecule has 3 nitrogen and oxygen atoms in total. The highest BCUT2D eigenvalue weighted by atomic mass is 17.1. The second-order valence-electron chi connectivity index (χ2n) is 2.01. The lowest BCUT2D eigenvalue weighted by Crippen LogP contribution is -1.87.